The molecule has 0 aliphatic rings. The monoisotopic (exact) mass is 237 g/mol. The number of nitrogen functional groups attached to an aromatic ring is 2. The first kappa shape index (κ1) is 10.9. The minimum absolute atomic E-state index is 0.0164. The Morgan fingerprint density at radius 2 is 1.88 bits per heavy atom. The predicted octanol–water partition coefficient (Wildman–Crippen LogP) is -1.38. The Morgan fingerprint density at radius 3 is 2.41 bits per heavy atom. The fourth-order valence-corrected chi connectivity index (χ4v) is 1.22. The van der Waals surface area contributed by atoms with Crippen LogP contribution in [0.25, 0.3) is 0 Å². The Kier molecular flexibility index (Phi) is 2.60. The second kappa shape index (κ2) is 4.08. The van der Waals surface area contributed by atoms with Gasteiger partial charge in [-0.15, -0.1) is 0 Å². The number of nitrogens with two attached hydrogens (primary N) is 2. The van der Waals surface area contributed by atoms with Crippen LogP contribution in [0.5, 0.6) is 0 Å². The van der Waals surface area contributed by atoms with Crippen molar-refractivity contribution in [1.82, 2.24) is 30.1 Å². The Labute approximate surface area is 94.9 Å². The number of aromatic nitrogens is 6. The van der Waals surface area contributed by atoms with E-state index in [-0.39, 0.29) is 29.6 Å². The van der Waals surface area contributed by atoms with Crippen LogP contribution in [-0.2, 0) is 0 Å². The van der Waals surface area contributed by atoms with Crippen LogP contribution in [-0.4, -0.2) is 30.1 Å². The molecule has 0 aromatic carbocycles. The normalized spacial score (nSPS) is 12.3. The van der Waals surface area contributed by atoms with E-state index in [4.69, 9.17) is 11.5 Å². The maximum atomic E-state index is 10.9. The first-order valence-electron chi connectivity index (χ1n) is 4.73. The number of H-pyrrole nitrogens is 2. The van der Waals surface area contributed by atoms with E-state index < -0.39 is 0 Å². The fourth-order valence-electron chi connectivity index (χ4n) is 1.22. The van der Waals surface area contributed by atoms with Crippen molar-refractivity contribution < 1.29 is 0 Å². The van der Waals surface area contributed by atoms with E-state index in [0.717, 1.165) is 0 Å². The molecule has 0 radical (unpaired) electrons. The molecule has 0 aliphatic heterocycles. The first-order valence-corrected chi connectivity index (χ1v) is 4.73. The van der Waals surface area contributed by atoms with E-state index in [1.54, 1.807) is 6.92 Å². The molecule has 2 rings (SSSR count). The lowest BCUT2D eigenvalue weighted by Crippen LogP contribution is -2.14. The maximum Gasteiger partial charge on any atom is 0.340 e. The predicted molar refractivity (Wildman–Crippen MR) is 59.9 cm³/mol. The van der Waals surface area contributed by atoms with Gasteiger partial charge in [0.1, 0.15) is 0 Å². The molecule has 0 amide bonds. The average Bonchev–Trinajstić information content (AvgIpc) is 2.63. The van der Waals surface area contributed by atoms with Crippen molar-refractivity contribution in [1.29, 1.82) is 0 Å². The number of aromatic amines is 2. The van der Waals surface area contributed by atoms with Crippen LogP contribution in [0.2, 0.25) is 0 Å². The fraction of sp³-hybridized carbons (Fsp3) is 0.286. The number of hydrogen-bond acceptors (Lipinski definition) is 8. The van der Waals surface area contributed by atoms with E-state index in [9.17, 15) is 4.79 Å². The summed E-state index contributed by atoms with van der Waals surface area (Å²) in [4.78, 5) is 24.7. The number of anilines is 3. The van der Waals surface area contributed by atoms with Crippen LogP contribution in [0.15, 0.2) is 4.79 Å². The van der Waals surface area contributed by atoms with Crippen molar-refractivity contribution in [3.05, 3.63) is 16.3 Å². The highest BCUT2D eigenvalue weighted by atomic mass is 16.1. The Bertz CT molecular complexity index is 552. The molecule has 2 heterocycles. The molecule has 0 spiro atoms. The molecule has 90 valence electrons. The summed E-state index contributed by atoms with van der Waals surface area (Å²) in [6.45, 7) is 1.77. The molecule has 0 fully saturated rings. The Morgan fingerprint density at radius 1 is 1.24 bits per heavy atom. The zero-order valence-corrected chi connectivity index (χ0v) is 8.93. The van der Waals surface area contributed by atoms with E-state index in [1.807, 2.05) is 0 Å². The molecule has 0 aliphatic carbocycles. The standard InChI is InChI=1S/C7H11N9O/c1-2(3-11-7(17)16-15-3)10-6-13-4(8)12-5(9)14-6/h2H,1H3,(H2,11,15,16,17)(H5,8,9,10,12,13,14). The quantitative estimate of drug-likeness (QED) is 0.435. The maximum absolute atomic E-state index is 10.9. The molecule has 2 aromatic rings. The molecule has 2 aromatic heterocycles. The molecule has 7 N–H and O–H groups in total. The number of rotatable bonds is 3. The Balaban J connectivity index is 2.18. The van der Waals surface area contributed by atoms with Gasteiger partial charge in [0.15, 0.2) is 5.82 Å². The lowest BCUT2D eigenvalue weighted by Gasteiger charge is -2.10. The Hall–Kier alpha value is -2.65. The number of hydrogen-bond donors (Lipinski definition) is 5. The van der Waals surface area contributed by atoms with Gasteiger partial charge in [-0.25, -0.2) is 9.89 Å². The summed E-state index contributed by atoms with van der Waals surface area (Å²) in [6, 6.07) is -0.310. The second-order valence-corrected chi connectivity index (χ2v) is 3.30. The van der Waals surface area contributed by atoms with E-state index in [2.05, 4.69) is 35.5 Å². The minimum Gasteiger partial charge on any atom is -0.368 e. The number of nitrogens with zero attached hydrogens (tertiary/aromatic N) is 4. The van der Waals surface area contributed by atoms with Crippen molar-refractivity contribution in [2.45, 2.75) is 13.0 Å². The molecule has 17 heavy (non-hydrogen) atoms. The highest BCUT2D eigenvalue weighted by molar-refractivity contribution is 5.38. The van der Waals surface area contributed by atoms with Gasteiger partial charge < -0.3 is 16.8 Å². The van der Waals surface area contributed by atoms with E-state index in [0.29, 0.717) is 5.82 Å². The van der Waals surface area contributed by atoms with Crippen molar-refractivity contribution in [3.8, 4) is 0 Å². The minimum atomic E-state index is -0.386. The van der Waals surface area contributed by atoms with Gasteiger partial charge in [0, 0.05) is 0 Å². The van der Waals surface area contributed by atoms with Crippen LogP contribution in [0.3, 0.4) is 0 Å². The molecule has 1 unspecified atom stereocenters. The topological polar surface area (TPSA) is 164 Å². The molecule has 0 bridgehead atoms. The third-order valence-corrected chi connectivity index (χ3v) is 1.95. The van der Waals surface area contributed by atoms with Gasteiger partial charge in [0.05, 0.1) is 6.04 Å². The lowest BCUT2D eigenvalue weighted by molar-refractivity contribution is 0.781. The van der Waals surface area contributed by atoms with E-state index in [1.165, 1.54) is 0 Å². The van der Waals surface area contributed by atoms with Gasteiger partial charge in [-0.05, 0) is 6.92 Å². The van der Waals surface area contributed by atoms with Crippen LogP contribution in [0.4, 0.5) is 17.8 Å². The molecule has 0 saturated carbocycles. The van der Waals surface area contributed by atoms with Gasteiger partial charge in [0.2, 0.25) is 17.8 Å². The summed E-state index contributed by atoms with van der Waals surface area (Å²) >= 11 is 0. The zero-order chi connectivity index (χ0) is 12.4. The van der Waals surface area contributed by atoms with Crippen molar-refractivity contribution in [2.75, 3.05) is 16.8 Å². The third kappa shape index (κ3) is 2.48. The largest absolute Gasteiger partial charge is 0.368 e. The van der Waals surface area contributed by atoms with Crippen molar-refractivity contribution >= 4 is 17.8 Å². The molecule has 10 nitrogen and oxygen atoms in total. The highest BCUT2D eigenvalue weighted by Gasteiger charge is 2.11. The zero-order valence-electron chi connectivity index (χ0n) is 8.93. The average molecular weight is 237 g/mol. The van der Waals surface area contributed by atoms with Crippen LogP contribution >= 0.6 is 0 Å². The van der Waals surface area contributed by atoms with Crippen LogP contribution < -0.4 is 22.5 Å². The summed E-state index contributed by atoms with van der Waals surface area (Å²) in [5.74, 6) is 0.671. The molecular formula is C7H11N9O. The van der Waals surface area contributed by atoms with Gasteiger partial charge in [-0.3, -0.25) is 4.98 Å². The third-order valence-electron chi connectivity index (χ3n) is 1.95. The van der Waals surface area contributed by atoms with Crippen LogP contribution in [0, 0.1) is 0 Å². The van der Waals surface area contributed by atoms with Gasteiger partial charge in [0.25, 0.3) is 0 Å². The summed E-state index contributed by atoms with van der Waals surface area (Å²) < 4.78 is 0. The summed E-state index contributed by atoms with van der Waals surface area (Å²) in [5.41, 5.74) is 10.4. The summed E-state index contributed by atoms with van der Waals surface area (Å²) in [7, 11) is 0. The smallest absolute Gasteiger partial charge is 0.340 e. The second-order valence-electron chi connectivity index (χ2n) is 3.30. The molecule has 1 atom stereocenters. The van der Waals surface area contributed by atoms with Crippen molar-refractivity contribution in [2.24, 2.45) is 0 Å². The van der Waals surface area contributed by atoms with Crippen molar-refractivity contribution in [3.63, 3.8) is 0 Å². The lowest BCUT2D eigenvalue weighted by atomic mass is 10.3. The van der Waals surface area contributed by atoms with Gasteiger partial charge >= 0.3 is 5.69 Å². The molecular weight excluding hydrogens is 226 g/mol. The summed E-state index contributed by atoms with van der Waals surface area (Å²) in [5, 5.41) is 8.90. The first-order chi connectivity index (χ1) is 8.04. The number of nitrogens with one attached hydrogen (secondary N) is 3. The highest BCUT2D eigenvalue weighted by Crippen LogP contribution is 2.12. The van der Waals surface area contributed by atoms with Gasteiger partial charge in [-0.2, -0.15) is 20.1 Å². The van der Waals surface area contributed by atoms with E-state index >= 15 is 0 Å². The summed E-state index contributed by atoms with van der Waals surface area (Å²) in [6.07, 6.45) is 0. The molecule has 10 heteroatoms. The SMILES string of the molecule is CC(Nc1nc(N)nc(N)n1)c1n[nH]c(=O)[nH]1. The van der Waals surface area contributed by atoms with Gasteiger partial charge in [-0.1, -0.05) is 0 Å². The van der Waals surface area contributed by atoms with Crippen LogP contribution in [0.1, 0.15) is 18.8 Å². The molecule has 0 saturated heterocycles.